The molecule has 0 bridgehead atoms. The Hall–Kier alpha value is -1.29. The number of hydrogen-bond acceptors (Lipinski definition) is 3. The van der Waals surface area contributed by atoms with Gasteiger partial charge in [-0.1, -0.05) is 5.06 Å². The first-order valence-electron chi connectivity index (χ1n) is 3.66. The number of rotatable bonds is 1. The number of hydroxylamine groups is 2. The van der Waals surface area contributed by atoms with Gasteiger partial charge in [0.1, 0.15) is 5.75 Å². The molecule has 0 aliphatic rings. The highest BCUT2D eigenvalue weighted by Crippen LogP contribution is 1.97. The third kappa shape index (κ3) is 5.91. The summed E-state index contributed by atoms with van der Waals surface area (Å²) in [4.78, 5) is 11.0. The van der Waals surface area contributed by atoms with Crippen LogP contribution < -0.4 is 0 Å². The van der Waals surface area contributed by atoms with Crippen molar-refractivity contribution in [3.05, 3.63) is 0 Å². The summed E-state index contributed by atoms with van der Waals surface area (Å²) in [6, 6.07) is 1.97. The van der Waals surface area contributed by atoms with E-state index in [-0.39, 0.29) is 10.8 Å². The molecular formula is C9H6ClNO3S. The minimum atomic E-state index is -1.77. The Kier molecular flexibility index (Phi) is 7.36. The standard InChI is InChI=1S/C9H6ClNO3S/c1-2-15(14)9(12)11(13)8-6-4-3-5-7-10/h13H,2H2,1H3. The van der Waals surface area contributed by atoms with Gasteiger partial charge in [0.25, 0.3) is 0 Å². The Morgan fingerprint density at radius 3 is 2.60 bits per heavy atom. The monoisotopic (exact) mass is 243 g/mol. The van der Waals surface area contributed by atoms with Gasteiger partial charge in [-0.05, 0) is 18.5 Å². The molecule has 0 saturated heterocycles. The van der Waals surface area contributed by atoms with Gasteiger partial charge in [0.05, 0.1) is 6.04 Å². The van der Waals surface area contributed by atoms with Gasteiger partial charge in [-0.3, -0.25) is 5.21 Å². The lowest BCUT2D eigenvalue weighted by Gasteiger charge is -2.07. The topological polar surface area (TPSA) is 63.6 Å². The Morgan fingerprint density at radius 2 is 2.07 bits per heavy atom. The van der Waals surface area contributed by atoms with Crippen LogP contribution in [0.5, 0.6) is 0 Å². The molecule has 4 nitrogen and oxygen atoms in total. The van der Waals surface area contributed by atoms with E-state index in [2.05, 4.69) is 23.7 Å². The minimum Gasteiger partial charge on any atom is -0.608 e. The second kappa shape index (κ2) is 8.05. The summed E-state index contributed by atoms with van der Waals surface area (Å²) in [5.41, 5.74) is 0. The third-order valence-corrected chi connectivity index (χ3v) is 2.21. The van der Waals surface area contributed by atoms with Crippen molar-refractivity contribution in [2.45, 2.75) is 6.92 Å². The van der Waals surface area contributed by atoms with E-state index in [4.69, 9.17) is 16.8 Å². The molecule has 0 heterocycles. The number of amides is 1. The largest absolute Gasteiger partial charge is 0.608 e. The number of hydrogen-bond donors (Lipinski definition) is 1. The molecule has 0 aromatic carbocycles. The van der Waals surface area contributed by atoms with E-state index in [0.717, 1.165) is 0 Å². The van der Waals surface area contributed by atoms with Gasteiger partial charge >= 0.3 is 5.24 Å². The summed E-state index contributed by atoms with van der Waals surface area (Å²) in [5.74, 6) is 8.87. The SMILES string of the molecule is CC[S+]([O-])C(=O)N(O)C#CC#CC#CCl. The van der Waals surface area contributed by atoms with Gasteiger partial charge in [-0.2, -0.15) is 0 Å². The van der Waals surface area contributed by atoms with Crippen LogP contribution in [-0.4, -0.2) is 25.8 Å². The van der Waals surface area contributed by atoms with Crippen molar-refractivity contribution in [3.8, 4) is 35.1 Å². The average molecular weight is 244 g/mol. The van der Waals surface area contributed by atoms with E-state index in [1.807, 2.05) is 11.4 Å². The predicted octanol–water partition coefficient (Wildman–Crippen LogP) is 0.730. The maximum Gasteiger partial charge on any atom is 0.465 e. The first-order valence-corrected chi connectivity index (χ1v) is 5.35. The molecule has 1 atom stereocenters. The minimum absolute atomic E-state index is 0.0441. The highest BCUT2D eigenvalue weighted by Gasteiger charge is 2.22. The molecule has 0 saturated carbocycles. The normalized spacial score (nSPS) is 9.33. The van der Waals surface area contributed by atoms with E-state index >= 15 is 0 Å². The van der Waals surface area contributed by atoms with Crippen LogP contribution in [0.25, 0.3) is 0 Å². The van der Waals surface area contributed by atoms with E-state index in [0.29, 0.717) is 0 Å². The van der Waals surface area contributed by atoms with Gasteiger partial charge in [0, 0.05) is 40.2 Å². The van der Waals surface area contributed by atoms with Gasteiger partial charge < -0.3 is 4.55 Å². The first-order chi connectivity index (χ1) is 7.13. The average Bonchev–Trinajstić information content (AvgIpc) is 2.26. The lowest BCUT2D eigenvalue weighted by molar-refractivity contribution is 0.0271. The molecule has 0 aliphatic carbocycles. The number of carbonyl (C=O) groups is 1. The van der Waals surface area contributed by atoms with Crippen molar-refractivity contribution in [1.82, 2.24) is 5.06 Å². The second-order valence-electron chi connectivity index (χ2n) is 1.92. The molecule has 1 unspecified atom stereocenters. The highest BCUT2D eigenvalue weighted by molar-refractivity contribution is 8.05. The fourth-order valence-corrected chi connectivity index (χ4v) is 0.965. The molecular weight excluding hydrogens is 238 g/mol. The zero-order chi connectivity index (χ0) is 11.7. The summed E-state index contributed by atoms with van der Waals surface area (Å²) in [7, 11) is 0. The van der Waals surface area contributed by atoms with Crippen LogP contribution >= 0.6 is 11.6 Å². The first kappa shape index (κ1) is 13.7. The summed E-state index contributed by atoms with van der Waals surface area (Å²) >= 11 is 3.21. The van der Waals surface area contributed by atoms with Crippen LogP contribution in [0.15, 0.2) is 0 Å². The van der Waals surface area contributed by atoms with E-state index in [9.17, 15) is 9.35 Å². The maximum absolute atomic E-state index is 11.0. The quantitative estimate of drug-likeness (QED) is 0.243. The zero-order valence-corrected chi connectivity index (χ0v) is 9.28. The molecule has 1 amide bonds. The van der Waals surface area contributed by atoms with Crippen LogP contribution in [0.2, 0.25) is 0 Å². The van der Waals surface area contributed by atoms with Crippen LogP contribution in [0, 0.1) is 35.1 Å². The maximum atomic E-state index is 11.0. The molecule has 0 aliphatic heterocycles. The number of carbonyl (C=O) groups excluding carboxylic acids is 1. The molecule has 0 rings (SSSR count). The molecule has 6 heteroatoms. The van der Waals surface area contributed by atoms with Gasteiger partial charge in [-0.15, -0.1) is 0 Å². The van der Waals surface area contributed by atoms with Crippen molar-refractivity contribution < 1.29 is 14.6 Å². The second-order valence-corrected chi connectivity index (χ2v) is 3.72. The Labute approximate surface area is 95.7 Å². The molecule has 0 fully saturated rings. The Morgan fingerprint density at radius 1 is 1.47 bits per heavy atom. The van der Waals surface area contributed by atoms with Crippen LogP contribution in [-0.2, 0) is 11.2 Å². The summed E-state index contributed by atoms with van der Waals surface area (Å²) < 4.78 is 10.9. The lowest BCUT2D eigenvalue weighted by Crippen LogP contribution is -2.29. The van der Waals surface area contributed by atoms with Crippen LogP contribution in [0.4, 0.5) is 4.79 Å². The molecule has 0 spiro atoms. The van der Waals surface area contributed by atoms with Gasteiger partial charge in [-0.25, -0.2) is 4.79 Å². The summed E-state index contributed by atoms with van der Waals surface area (Å²) in [6.45, 7) is 1.55. The smallest absolute Gasteiger partial charge is 0.465 e. The molecule has 0 aromatic rings. The molecule has 1 N–H and O–H groups in total. The molecule has 0 aromatic heterocycles. The highest BCUT2D eigenvalue weighted by atomic mass is 35.5. The van der Waals surface area contributed by atoms with Crippen LogP contribution in [0.1, 0.15) is 6.92 Å². The van der Waals surface area contributed by atoms with E-state index in [1.54, 1.807) is 6.92 Å². The number of halogens is 1. The molecule has 15 heavy (non-hydrogen) atoms. The fourth-order valence-electron chi connectivity index (χ4n) is 0.433. The third-order valence-electron chi connectivity index (χ3n) is 1.03. The Bertz CT molecular complexity index is 404. The summed E-state index contributed by atoms with van der Waals surface area (Å²) in [6.07, 6.45) is 0. The zero-order valence-electron chi connectivity index (χ0n) is 7.70. The predicted molar refractivity (Wildman–Crippen MR) is 56.9 cm³/mol. The van der Waals surface area contributed by atoms with E-state index < -0.39 is 16.4 Å². The van der Waals surface area contributed by atoms with E-state index in [1.165, 1.54) is 0 Å². The van der Waals surface area contributed by atoms with Crippen molar-refractivity contribution >= 4 is 28.0 Å². The van der Waals surface area contributed by atoms with Crippen molar-refractivity contribution in [3.63, 3.8) is 0 Å². The van der Waals surface area contributed by atoms with Crippen LogP contribution in [0.3, 0.4) is 0 Å². The van der Waals surface area contributed by atoms with Crippen molar-refractivity contribution in [1.29, 1.82) is 0 Å². The fraction of sp³-hybridized carbons (Fsp3) is 0.222. The Balaban J connectivity index is 4.35. The van der Waals surface area contributed by atoms with Crippen molar-refractivity contribution in [2.24, 2.45) is 0 Å². The summed E-state index contributed by atoms with van der Waals surface area (Å²) in [5, 5.41) is 10.0. The molecule has 78 valence electrons. The lowest BCUT2D eigenvalue weighted by atomic mass is 10.6. The number of nitrogens with zero attached hydrogens (tertiary/aromatic N) is 1. The molecule has 0 radical (unpaired) electrons. The van der Waals surface area contributed by atoms with Crippen molar-refractivity contribution in [2.75, 3.05) is 5.75 Å². The van der Waals surface area contributed by atoms with Gasteiger partial charge in [0.15, 0.2) is 0 Å². The van der Waals surface area contributed by atoms with Gasteiger partial charge in [0.2, 0.25) is 0 Å².